The Balaban J connectivity index is 1.79. The molecule has 2 atom stereocenters. The molecular weight excluding hydrogens is 202 g/mol. The van der Waals surface area contributed by atoms with Crippen LogP contribution in [0.5, 0.6) is 0 Å². The summed E-state index contributed by atoms with van der Waals surface area (Å²) in [5.74, 6) is 1.52. The molecule has 3 rings (SSSR count). The maximum Gasteiger partial charge on any atom is 0.0704 e. The molecule has 2 bridgehead atoms. The molecule has 3 fully saturated rings. The molecular formula is C13H25NO2. The summed E-state index contributed by atoms with van der Waals surface area (Å²) in [4.78, 5) is 2.60. The fraction of sp³-hybridized carbons (Fsp3) is 1.00. The maximum atomic E-state index is 5.89. The molecule has 0 spiro atoms. The van der Waals surface area contributed by atoms with E-state index in [4.69, 9.17) is 9.47 Å². The molecule has 1 aliphatic carbocycles. The average molecular weight is 227 g/mol. The highest BCUT2D eigenvalue weighted by molar-refractivity contribution is 5.00. The lowest BCUT2D eigenvalue weighted by Gasteiger charge is -2.56. The van der Waals surface area contributed by atoms with Crippen molar-refractivity contribution in [2.75, 3.05) is 33.4 Å². The van der Waals surface area contributed by atoms with Crippen LogP contribution < -0.4 is 0 Å². The number of ether oxygens (including phenoxy) is 2. The Bertz CT molecular complexity index is 225. The molecule has 1 saturated carbocycles. The van der Waals surface area contributed by atoms with Gasteiger partial charge in [-0.05, 0) is 39.0 Å². The SMILES string of the molecule is COCCOC1C2CC1CN(C(C)(C)C)C2. The van der Waals surface area contributed by atoms with E-state index in [1.807, 2.05) is 0 Å². The van der Waals surface area contributed by atoms with Crippen molar-refractivity contribution in [2.45, 2.75) is 38.8 Å². The highest BCUT2D eigenvalue weighted by atomic mass is 16.5. The Labute approximate surface area is 99.1 Å². The van der Waals surface area contributed by atoms with Crippen molar-refractivity contribution in [3.8, 4) is 0 Å². The topological polar surface area (TPSA) is 21.7 Å². The number of hydrogen-bond donors (Lipinski definition) is 0. The molecule has 0 aromatic heterocycles. The number of rotatable bonds is 4. The molecule has 3 aliphatic rings. The van der Waals surface area contributed by atoms with E-state index in [0.29, 0.717) is 11.6 Å². The van der Waals surface area contributed by atoms with Crippen LogP contribution in [0.25, 0.3) is 0 Å². The third kappa shape index (κ3) is 2.41. The Morgan fingerprint density at radius 3 is 2.25 bits per heavy atom. The van der Waals surface area contributed by atoms with Crippen LogP contribution in [-0.4, -0.2) is 50.0 Å². The summed E-state index contributed by atoms with van der Waals surface area (Å²) in [7, 11) is 1.73. The van der Waals surface area contributed by atoms with E-state index in [1.54, 1.807) is 7.11 Å². The first kappa shape index (κ1) is 12.3. The molecule has 2 aliphatic heterocycles. The van der Waals surface area contributed by atoms with Crippen molar-refractivity contribution in [1.29, 1.82) is 0 Å². The van der Waals surface area contributed by atoms with Crippen LogP contribution in [0, 0.1) is 11.8 Å². The molecule has 94 valence electrons. The number of piperidine rings is 2. The van der Waals surface area contributed by atoms with Gasteiger partial charge in [-0.3, -0.25) is 4.90 Å². The van der Waals surface area contributed by atoms with E-state index in [0.717, 1.165) is 25.0 Å². The average Bonchev–Trinajstić information content (AvgIpc) is 2.23. The molecule has 0 aromatic carbocycles. The Hall–Kier alpha value is -0.120. The minimum Gasteiger partial charge on any atom is -0.382 e. The first-order chi connectivity index (χ1) is 7.52. The first-order valence-electron chi connectivity index (χ1n) is 6.38. The number of methoxy groups -OCH3 is 1. The first-order valence-corrected chi connectivity index (χ1v) is 6.38. The summed E-state index contributed by atoms with van der Waals surface area (Å²) >= 11 is 0. The fourth-order valence-corrected chi connectivity index (χ4v) is 2.93. The van der Waals surface area contributed by atoms with Crippen LogP contribution in [0.1, 0.15) is 27.2 Å². The summed E-state index contributed by atoms with van der Waals surface area (Å²) < 4.78 is 10.9. The van der Waals surface area contributed by atoms with E-state index in [1.165, 1.54) is 19.5 Å². The van der Waals surface area contributed by atoms with Gasteiger partial charge in [-0.25, -0.2) is 0 Å². The highest BCUT2D eigenvalue weighted by Crippen LogP contribution is 2.43. The van der Waals surface area contributed by atoms with Crippen LogP contribution >= 0.6 is 0 Å². The molecule has 0 N–H and O–H groups in total. The summed E-state index contributed by atoms with van der Waals surface area (Å²) in [6.45, 7) is 10.8. The summed E-state index contributed by atoms with van der Waals surface area (Å²) in [5.41, 5.74) is 0.314. The van der Waals surface area contributed by atoms with E-state index in [-0.39, 0.29) is 0 Å². The second-order valence-corrected chi connectivity index (χ2v) is 6.16. The van der Waals surface area contributed by atoms with Gasteiger partial charge < -0.3 is 9.47 Å². The van der Waals surface area contributed by atoms with Crippen molar-refractivity contribution in [1.82, 2.24) is 4.90 Å². The zero-order chi connectivity index (χ0) is 11.8. The van der Waals surface area contributed by atoms with Gasteiger partial charge >= 0.3 is 0 Å². The second-order valence-electron chi connectivity index (χ2n) is 6.16. The van der Waals surface area contributed by atoms with Crippen LogP contribution in [0.3, 0.4) is 0 Å². The molecule has 3 heteroatoms. The van der Waals surface area contributed by atoms with Crippen LogP contribution in [0.4, 0.5) is 0 Å². The summed E-state index contributed by atoms with van der Waals surface area (Å²) in [5, 5.41) is 0. The second kappa shape index (κ2) is 4.63. The minimum atomic E-state index is 0.314. The normalized spacial score (nSPS) is 34.9. The van der Waals surface area contributed by atoms with Gasteiger partial charge in [0, 0.05) is 25.7 Å². The van der Waals surface area contributed by atoms with Crippen molar-refractivity contribution in [3.63, 3.8) is 0 Å². The molecule has 16 heavy (non-hydrogen) atoms. The largest absolute Gasteiger partial charge is 0.382 e. The van der Waals surface area contributed by atoms with Crippen LogP contribution in [-0.2, 0) is 9.47 Å². The third-order valence-corrected chi connectivity index (χ3v) is 3.99. The van der Waals surface area contributed by atoms with E-state index in [2.05, 4.69) is 25.7 Å². The molecule has 0 radical (unpaired) electrons. The predicted molar refractivity (Wildman–Crippen MR) is 64.5 cm³/mol. The standard InChI is InChI=1S/C13H25NO2/c1-13(2,3)14-8-10-7-11(9-14)12(10)16-6-5-15-4/h10-12H,5-9H2,1-4H3. The molecule has 2 heterocycles. The molecule has 2 unspecified atom stereocenters. The van der Waals surface area contributed by atoms with E-state index in [9.17, 15) is 0 Å². The lowest BCUT2D eigenvalue weighted by molar-refractivity contribution is -0.162. The Morgan fingerprint density at radius 2 is 1.75 bits per heavy atom. The van der Waals surface area contributed by atoms with Gasteiger partial charge in [-0.2, -0.15) is 0 Å². The monoisotopic (exact) mass is 227 g/mol. The van der Waals surface area contributed by atoms with Gasteiger partial charge in [0.25, 0.3) is 0 Å². The van der Waals surface area contributed by atoms with Gasteiger partial charge in [0.15, 0.2) is 0 Å². The Kier molecular flexibility index (Phi) is 3.57. The molecule has 0 aromatic rings. The zero-order valence-corrected chi connectivity index (χ0v) is 11.0. The van der Waals surface area contributed by atoms with Crippen LogP contribution in [0.2, 0.25) is 0 Å². The lowest BCUT2D eigenvalue weighted by Crippen LogP contribution is -2.63. The van der Waals surface area contributed by atoms with Crippen molar-refractivity contribution >= 4 is 0 Å². The molecule has 0 amide bonds. The minimum absolute atomic E-state index is 0.314. The molecule has 2 saturated heterocycles. The fourth-order valence-electron chi connectivity index (χ4n) is 2.93. The maximum absolute atomic E-state index is 5.89. The van der Waals surface area contributed by atoms with E-state index < -0.39 is 0 Å². The smallest absolute Gasteiger partial charge is 0.0704 e. The number of nitrogens with zero attached hydrogens (tertiary/aromatic N) is 1. The van der Waals surface area contributed by atoms with Gasteiger partial charge in [0.05, 0.1) is 19.3 Å². The Morgan fingerprint density at radius 1 is 1.12 bits per heavy atom. The van der Waals surface area contributed by atoms with Gasteiger partial charge in [-0.1, -0.05) is 0 Å². The molecule has 3 nitrogen and oxygen atoms in total. The van der Waals surface area contributed by atoms with Crippen molar-refractivity contribution in [2.24, 2.45) is 11.8 Å². The van der Waals surface area contributed by atoms with Crippen LogP contribution in [0.15, 0.2) is 0 Å². The number of hydrogen-bond acceptors (Lipinski definition) is 3. The lowest BCUT2D eigenvalue weighted by atomic mass is 9.67. The van der Waals surface area contributed by atoms with Crippen molar-refractivity contribution < 1.29 is 9.47 Å². The van der Waals surface area contributed by atoms with Crippen molar-refractivity contribution in [3.05, 3.63) is 0 Å². The van der Waals surface area contributed by atoms with Gasteiger partial charge in [0.2, 0.25) is 0 Å². The zero-order valence-electron chi connectivity index (χ0n) is 11.0. The summed E-state index contributed by atoms with van der Waals surface area (Å²) in [6.07, 6.45) is 1.87. The van der Waals surface area contributed by atoms with E-state index >= 15 is 0 Å². The quantitative estimate of drug-likeness (QED) is 0.683. The van der Waals surface area contributed by atoms with Gasteiger partial charge in [-0.15, -0.1) is 0 Å². The van der Waals surface area contributed by atoms with Gasteiger partial charge in [0.1, 0.15) is 0 Å². The highest BCUT2D eigenvalue weighted by Gasteiger charge is 2.49. The number of fused-ring (bicyclic) bond motifs is 2. The summed E-state index contributed by atoms with van der Waals surface area (Å²) in [6, 6.07) is 0. The predicted octanol–water partition coefficient (Wildman–Crippen LogP) is 1.77. The third-order valence-electron chi connectivity index (χ3n) is 3.99.